The summed E-state index contributed by atoms with van der Waals surface area (Å²) in [5, 5.41) is 1.49. The second-order valence-electron chi connectivity index (χ2n) is 6.28. The maximum atomic E-state index is 13.4. The number of hydrogen-bond acceptors (Lipinski definition) is 2. The van der Waals surface area contributed by atoms with Crippen molar-refractivity contribution >= 4 is 22.6 Å². The van der Waals surface area contributed by atoms with Crippen LogP contribution in [0.2, 0.25) is 5.02 Å². The van der Waals surface area contributed by atoms with Gasteiger partial charge in [0.15, 0.2) is 0 Å². The molecule has 3 rings (SSSR count). The molecule has 0 saturated carbocycles. The van der Waals surface area contributed by atoms with Crippen LogP contribution in [0.25, 0.3) is 11.0 Å². The topological polar surface area (TPSA) is 34.7 Å². The predicted octanol–water partition coefficient (Wildman–Crippen LogP) is 3.50. The third kappa shape index (κ3) is 4.09. The first-order valence-electron chi connectivity index (χ1n) is 8.27. The average molecular weight is 361 g/mol. The Morgan fingerprint density at radius 2 is 1.96 bits per heavy atom. The first-order valence-corrected chi connectivity index (χ1v) is 8.65. The quantitative estimate of drug-likeness (QED) is 0.707. The largest absolute Gasteiger partial charge is 0.423 e. The SMILES string of the molecule is CC[NH+](Cc1cccc(F)c1)Cc1cc(=O)oc2cc(C)c(Cl)cc12. The van der Waals surface area contributed by atoms with Crippen LogP contribution in [0, 0.1) is 12.7 Å². The minimum Gasteiger partial charge on any atom is -0.423 e. The van der Waals surface area contributed by atoms with Crippen LogP contribution < -0.4 is 10.5 Å². The van der Waals surface area contributed by atoms with Gasteiger partial charge in [0.1, 0.15) is 24.5 Å². The molecular weight excluding hydrogens is 341 g/mol. The van der Waals surface area contributed by atoms with E-state index in [-0.39, 0.29) is 11.4 Å². The standard InChI is InChI=1S/C20H19ClFNO2/c1-3-23(11-14-5-4-6-16(22)8-14)12-15-9-20(24)25-19-7-13(2)18(21)10-17(15)19/h4-10H,3,11-12H2,1-2H3/p+1. The zero-order chi connectivity index (χ0) is 18.0. The average Bonchev–Trinajstić information content (AvgIpc) is 2.56. The molecule has 5 heteroatoms. The van der Waals surface area contributed by atoms with Gasteiger partial charge in [0.2, 0.25) is 0 Å². The molecule has 0 radical (unpaired) electrons. The number of fused-ring (bicyclic) bond motifs is 1. The molecule has 0 fully saturated rings. The number of nitrogens with one attached hydrogen (secondary N) is 1. The maximum absolute atomic E-state index is 13.4. The van der Waals surface area contributed by atoms with Gasteiger partial charge in [0.05, 0.1) is 6.54 Å². The van der Waals surface area contributed by atoms with Crippen LogP contribution >= 0.6 is 11.6 Å². The molecule has 0 aliphatic rings. The lowest BCUT2D eigenvalue weighted by Crippen LogP contribution is -3.09. The molecule has 1 aromatic heterocycles. The van der Waals surface area contributed by atoms with Gasteiger partial charge in [-0.25, -0.2) is 9.18 Å². The maximum Gasteiger partial charge on any atom is 0.336 e. The van der Waals surface area contributed by atoms with Crippen molar-refractivity contribution in [2.75, 3.05) is 6.54 Å². The van der Waals surface area contributed by atoms with E-state index in [4.69, 9.17) is 16.0 Å². The van der Waals surface area contributed by atoms with Crippen molar-refractivity contribution in [2.45, 2.75) is 26.9 Å². The van der Waals surface area contributed by atoms with Crippen LogP contribution in [0.15, 0.2) is 51.7 Å². The number of quaternary nitrogens is 1. The highest BCUT2D eigenvalue weighted by atomic mass is 35.5. The van der Waals surface area contributed by atoms with Gasteiger partial charge in [0.25, 0.3) is 0 Å². The molecule has 1 N–H and O–H groups in total. The summed E-state index contributed by atoms with van der Waals surface area (Å²) in [6.45, 7) is 6.10. The van der Waals surface area contributed by atoms with E-state index in [0.29, 0.717) is 23.7 Å². The number of aryl methyl sites for hydroxylation is 1. The minimum atomic E-state index is -0.370. The number of rotatable bonds is 5. The Morgan fingerprint density at radius 3 is 2.68 bits per heavy atom. The second-order valence-corrected chi connectivity index (χ2v) is 6.68. The molecule has 2 aromatic carbocycles. The Hall–Kier alpha value is -2.17. The van der Waals surface area contributed by atoms with E-state index in [0.717, 1.165) is 28.6 Å². The van der Waals surface area contributed by atoms with Gasteiger partial charge in [-0.3, -0.25) is 0 Å². The summed E-state index contributed by atoms with van der Waals surface area (Å²) in [5.41, 5.74) is 2.87. The normalized spacial score (nSPS) is 12.5. The first-order chi connectivity index (χ1) is 12.0. The first kappa shape index (κ1) is 17.6. The van der Waals surface area contributed by atoms with Crippen molar-refractivity contribution in [1.82, 2.24) is 0 Å². The van der Waals surface area contributed by atoms with Crippen LogP contribution in [0.1, 0.15) is 23.6 Å². The molecule has 3 aromatic rings. The molecule has 0 saturated heterocycles. The van der Waals surface area contributed by atoms with Crippen molar-refractivity contribution in [2.24, 2.45) is 0 Å². The van der Waals surface area contributed by atoms with E-state index in [1.54, 1.807) is 18.2 Å². The highest BCUT2D eigenvalue weighted by Gasteiger charge is 2.14. The molecule has 25 heavy (non-hydrogen) atoms. The molecule has 130 valence electrons. The van der Waals surface area contributed by atoms with Gasteiger partial charge in [-0.1, -0.05) is 23.7 Å². The lowest BCUT2D eigenvalue weighted by Gasteiger charge is -2.18. The van der Waals surface area contributed by atoms with Gasteiger partial charge in [-0.2, -0.15) is 0 Å². The van der Waals surface area contributed by atoms with Crippen LogP contribution in [-0.2, 0) is 13.1 Å². The summed E-state index contributed by atoms with van der Waals surface area (Å²) in [6.07, 6.45) is 0. The summed E-state index contributed by atoms with van der Waals surface area (Å²) >= 11 is 6.25. The minimum absolute atomic E-state index is 0.235. The fourth-order valence-corrected chi connectivity index (χ4v) is 3.18. The highest BCUT2D eigenvalue weighted by molar-refractivity contribution is 6.32. The fourth-order valence-electron chi connectivity index (χ4n) is 3.01. The molecule has 0 aliphatic carbocycles. The van der Waals surface area contributed by atoms with E-state index in [1.165, 1.54) is 17.0 Å². The number of halogens is 2. The Bertz CT molecular complexity index is 968. The van der Waals surface area contributed by atoms with E-state index < -0.39 is 0 Å². The van der Waals surface area contributed by atoms with E-state index in [1.807, 2.05) is 19.1 Å². The number of hydrogen-bond donors (Lipinski definition) is 1. The fraction of sp³-hybridized carbons (Fsp3) is 0.250. The van der Waals surface area contributed by atoms with Gasteiger partial charge in [-0.05, 0) is 43.7 Å². The zero-order valence-electron chi connectivity index (χ0n) is 14.2. The summed E-state index contributed by atoms with van der Waals surface area (Å²) in [4.78, 5) is 13.1. The molecule has 0 spiro atoms. The van der Waals surface area contributed by atoms with Crippen LogP contribution in [0.5, 0.6) is 0 Å². The lowest BCUT2D eigenvalue weighted by atomic mass is 10.1. The van der Waals surface area contributed by atoms with Gasteiger partial charge >= 0.3 is 5.63 Å². The van der Waals surface area contributed by atoms with Crippen LogP contribution in [0.3, 0.4) is 0 Å². The monoisotopic (exact) mass is 360 g/mol. The molecule has 1 atom stereocenters. The molecule has 1 unspecified atom stereocenters. The predicted molar refractivity (Wildman–Crippen MR) is 97.5 cm³/mol. The van der Waals surface area contributed by atoms with E-state index in [9.17, 15) is 9.18 Å². The Balaban J connectivity index is 1.95. The van der Waals surface area contributed by atoms with Crippen molar-refractivity contribution in [3.05, 3.63) is 80.4 Å². The molecule has 0 bridgehead atoms. The van der Waals surface area contributed by atoms with Crippen molar-refractivity contribution in [1.29, 1.82) is 0 Å². The summed E-state index contributed by atoms with van der Waals surface area (Å²) < 4.78 is 18.7. The number of benzene rings is 2. The van der Waals surface area contributed by atoms with Gasteiger partial charge in [-0.15, -0.1) is 0 Å². The van der Waals surface area contributed by atoms with Crippen LogP contribution in [0.4, 0.5) is 4.39 Å². The van der Waals surface area contributed by atoms with Crippen LogP contribution in [-0.4, -0.2) is 6.54 Å². The lowest BCUT2D eigenvalue weighted by molar-refractivity contribution is -0.925. The zero-order valence-corrected chi connectivity index (χ0v) is 15.0. The van der Waals surface area contributed by atoms with E-state index in [2.05, 4.69) is 6.92 Å². The van der Waals surface area contributed by atoms with Gasteiger partial charge < -0.3 is 9.32 Å². The third-order valence-corrected chi connectivity index (χ3v) is 4.80. The van der Waals surface area contributed by atoms with Crippen molar-refractivity contribution < 1.29 is 13.7 Å². The smallest absolute Gasteiger partial charge is 0.336 e. The molecular formula is C20H20ClFNO2+. The Kier molecular flexibility index (Phi) is 5.21. The van der Waals surface area contributed by atoms with Crippen molar-refractivity contribution in [3.8, 4) is 0 Å². The third-order valence-electron chi connectivity index (χ3n) is 4.39. The summed E-state index contributed by atoms with van der Waals surface area (Å²) in [7, 11) is 0. The van der Waals surface area contributed by atoms with Crippen molar-refractivity contribution in [3.63, 3.8) is 0 Å². The molecule has 0 aliphatic heterocycles. The van der Waals surface area contributed by atoms with E-state index >= 15 is 0 Å². The molecule has 3 nitrogen and oxygen atoms in total. The Labute approximate surface area is 150 Å². The summed E-state index contributed by atoms with van der Waals surface area (Å²) in [6, 6.07) is 11.8. The Morgan fingerprint density at radius 1 is 1.16 bits per heavy atom. The highest BCUT2D eigenvalue weighted by Crippen LogP contribution is 2.24. The second kappa shape index (κ2) is 7.38. The summed E-state index contributed by atoms with van der Waals surface area (Å²) in [5.74, 6) is -0.235. The molecule has 0 amide bonds. The molecule has 1 heterocycles. The van der Waals surface area contributed by atoms with Gasteiger partial charge in [0, 0.05) is 27.6 Å².